The molecule has 29 heavy (non-hydrogen) atoms. The van der Waals surface area contributed by atoms with Crippen LogP contribution in [0.15, 0.2) is 37.5 Å². The number of carbonyl (C=O) groups excluding carboxylic acids is 1. The molecular formula is C22H22N2O4S. The first-order valence-corrected chi connectivity index (χ1v) is 10.2. The van der Waals surface area contributed by atoms with Crippen molar-refractivity contribution in [2.45, 2.75) is 46.5 Å². The number of aryl methyl sites for hydroxylation is 2. The molecule has 1 amide bonds. The highest BCUT2D eigenvalue weighted by Crippen LogP contribution is 2.38. The van der Waals surface area contributed by atoms with E-state index in [1.807, 2.05) is 19.9 Å². The van der Waals surface area contributed by atoms with Crippen LogP contribution in [0.1, 0.15) is 43.0 Å². The molecule has 0 atom stereocenters. The number of nitrogens with zero attached hydrogens (tertiary/aromatic N) is 1. The van der Waals surface area contributed by atoms with Crippen LogP contribution in [0, 0.1) is 13.8 Å². The van der Waals surface area contributed by atoms with Gasteiger partial charge in [-0.1, -0.05) is 20.8 Å². The molecule has 0 saturated carbocycles. The molecule has 0 saturated heterocycles. The van der Waals surface area contributed by atoms with Crippen molar-refractivity contribution < 1.29 is 13.6 Å². The predicted molar refractivity (Wildman–Crippen MR) is 115 cm³/mol. The van der Waals surface area contributed by atoms with E-state index < -0.39 is 5.63 Å². The molecule has 4 aromatic rings. The van der Waals surface area contributed by atoms with Crippen LogP contribution in [-0.2, 0) is 16.6 Å². The van der Waals surface area contributed by atoms with Crippen molar-refractivity contribution in [3.05, 3.63) is 56.6 Å². The monoisotopic (exact) mass is 410 g/mol. The van der Waals surface area contributed by atoms with Gasteiger partial charge < -0.3 is 14.2 Å². The predicted octanol–water partition coefficient (Wildman–Crippen LogP) is 5.09. The Morgan fingerprint density at radius 2 is 2.00 bits per heavy atom. The maximum atomic E-state index is 12.6. The molecule has 0 radical (unpaired) electrons. The van der Waals surface area contributed by atoms with Crippen molar-refractivity contribution in [2.75, 3.05) is 5.32 Å². The average molecular weight is 410 g/mol. The summed E-state index contributed by atoms with van der Waals surface area (Å²) < 4.78 is 11.5. The number of nitrogens with one attached hydrogen (secondary N) is 1. The molecule has 4 rings (SSSR count). The van der Waals surface area contributed by atoms with Gasteiger partial charge in [-0.3, -0.25) is 4.79 Å². The van der Waals surface area contributed by atoms with Gasteiger partial charge in [-0.2, -0.15) is 0 Å². The highest BCUT2D eigenvalue weighted by Gasteiger charge is 2.25. The lowest BCUT2D eigenvalue weighted by Crippen LogP contribution is -2.20. The van der Waals surface area contributed by atoms with Gasteiger partial charge in [-0.05, 0) is 36.5 Å². The normalized spacial score (nSPS) is 12.0. The SMILES string of the molecule is Cc1cc2oc(=O)c(CC(=O)Nc3nccs3)c(C)c2c2occ(C(C)(C)C)c12. The Balaban J connectivity index is 1.88. The molecule has 0 aliphatic rings. The average Bonchev–Trinajstić information content (AvgIpc) is 3.27. The molecule has 0 spiro atoms. The van der Waals surface area contributed by atoms with Crippen LogP contribution in [0.25, 0.3) is 21.9 Å². The van der Waals surface area contributed by atoms with Gasteiger partial charge in [0.15, 0.2) is 5.13 Å². The second kappa shape index (κ2) is 6.84. The summed E-state index contributed by atoms with van der Waals surface area (Å²) in [6, 6.07) is 1.87. The first-order chi connectivity index (χ1) is 13.7. The molecule has 3 heterocycles. The lowest BCUT2D eigenvalue weighted by Gasteiger charge is -2.17. The topological polar surface area (TPSA) is 85.3 Å². The minimum Gasteiger partial charge on any atom is -0.463 e. The van der Waals surface area contributed by atoms with Gasteiger partial charge in [0.2, 0.25) is 5.91 Å². The number of anilines is 1. The lowest BCUT2D eigenvalue weighted by molar-refractivity contribution is -0.115. The van der Waals surface area contributed by atoms with Crippen molar-refractivity contribution in [1.29, 1.82) is 0 Å². The number of benzene rings is 1. The lowest BCUT2D eigenvalue weighted by atomic mass is 9.85. The van der Waals surface area contributed by atoms with Crippen molar-refractivity contribution in [3.8, 4) is 0 Å². The molecule has 1 aromatic carbocycles. The van der Waals surface area contributed by atoms with E-state index in [0.29, 0.717) is 27.4 Å². The summed E-state index contributed by atoms with van der Waals surface area (Å²) >= 11 is 1.32. The number of aromatic nitrogens is 1. The summed E-state index contributed by atoms with van der Waals surface area (Å²) in [6.07, 6.45) is 3.29. The summed E-state index contributed by atoms with van der Waals surface area (Å²) in [5.74, 6) is -0.312. The summed E-state index contributed by atoms with van der Waals surface area (Å²) in [4.78, 5) is 29.1. The summed E-state index contributed by atoms with van der Waals surface area (Å²) in [7, 11) is 0. The third kappa shape index (κ3) is 3.35. The molecule has 0 bridgehead atoms. The molecule has 0 unspecified atom stereocenters. The molecule has 0 fully saturated rings. The molecule has 0 aliphatic heterocycles. The number of hydrogen-bond acceptors (Lipinski definition) is 6. The van der Waals surface area contributed by atoms with Gasteiger partial charge in [0.25, 0.3) is 0 Å². The second-order valence-corrected chi connectivity index (χ2v) is 9.12. The van der Waals surface area contributed by atoms with Gasteiger partial charge in [-0.15, -0.1) is 11.3 Å². The standard InChI is InChI=1S/C22H22N2O4S/c1-11-8-15-18(19-17(11)14(10-27-19)22(3,4)5)12(2)13(20(26)28-15)9-16(25)24-21-23-6-7-29-21/h6-8,10H,9H2,1-5H3,(H,23,24,25). The fourth-order valence-electron chi connectivity index (χ4n) is 3.65. The van der Waals surface area contributed by atoms with Crippen molar-refractivity contribution in [3.63, 3.8) is 0 Å². The van der Waals surface area contributed by atoms with Crippen LogP contribution >= 0.6 is 11.3 Å². The zero-order chi connectivity index (χ0) is 20.9. The zero-order valence-electron chi connectivity index (χ0n) is 17.0. The Kier molecular flexibility index (Phi) is 4.58. The second-order valence-electron chi connectivity index (χ2n) is 8.23. The van der Waals surface area contributed by atoms with Crippen LogP contribution in [0.2, 0.25) is 0 Å². The molecular weight excluding hydrogens is 388 g/mol. The summed E-state index contributed by atoms with van der Waals surface area (Å²) in [5, 5.41) is 6.74. The van der Waals surface area contributed by atoms with Crippen molar-refractivity contribution in [2.24, 2.45) is 0 Å². The van der Waals surface area contributed by atoms with E-state index in [-0.39, 0.29) is 17.7 Å². The molecule has 3 aromatic heterocycles. The number of furan rings is 1. The Labute approximate surface area is 171 Å². The van der Waals surface area contributed by atoms with Crippen LogP contribution in [0.5, 0.6) is 0 Å². The summed E-state index contributed by atoms with van der Waals surface area (Å²) in [5.41, 5.74) is 3.66. The highest BCUT2D eigenvalue weighted by molar-refractivity contribution is 7.13. The largest absolute Gasteiger partial charge is 0.463 e. The number of hydrogen-bond donors (Lipinski definition) is 1. The van der Waals surface area contributed by atoms with Crippen LogP contribution in [-0.4, -0.2) is 10.9 Å². The number of fused-ring (bicyclic) bond motifs is 3. The maximum absolute atomic E-state index is 12.6. The molecule has 1 N–H and O–H groups in total. The van der Waals surface area contributed by atoms with Crippen molar-refractivity contribution >= 4 is 44.3 Å². The maximum Gasteiger partial charge on any atom is 0.340 e. The quantitative estimate of drug-likeness (QED) is 0.476. The number of rotatable bonds is 3. The van der Waals surface area contributed by atoms with Crippen LogP contribution < -0.4 is 10.9 Å². The fraction of sp³-hybridized carbons (Fsp3) is 0.318. The van der Waals surface area contributed by atoms with Crippen molar-refractivity contribution in [1.82, 2.24) is 4.98 Å². The van der Waals surface area contributed by atoms with Gasteiger partial charge in [0.1, 0.15) is 11.2 Å². The fourth-order valence-corrected chi connectivity index (χ4v) is 4.20. The Bertz CT molecular complexity index is 1290. The Hall–Kier alpha value is -2.93. The molecule has 150 valence electrons. The number of thiazole rings is 1. The van der Waals surface area contributed by atoms with E-state index in [4.69, 9.17) is 8.83 Å². The highest BCUT2D eigenvalue weighted by atomic mass is 32.1. The van der Waals surface area contributed by atoms with E-state index in [2.05, 4.69) is 31.1 Å². The van der Waals surface area contributed by atoms with E-state index in [1.165, 1.54) is 11.3 Å². The first kappa shape index (κ1) is 19.4. The summed E-state index contributed by atoms with van der Waals surface area (Å²) in [6.45, 7) is 10.2. The van der Waals surface area contributed by atoms with E-state index in [1.54, 1.807) is 17.8 Å². The van der Waals surface area contributed by atoms with Gasteiger partial charge in [0.05, 0.1) is 23.6 Å². The van der Waals surface area contributed by atoms with Crippen LogP contribution in [0.4, 0.5) is 5.13 Å². The molecule has 0 aliphatic carbocycles. The van der Waals surface area contributed by atoms with E-state index >= 15 is 0 Å². The molecule has 6 nitrogen and oxygen atoms in total. The van der Waals surface area contributed by atoms with Gasteiger partial charge in [0, 0.05) is 22.5 Å². The Morgan fingerprint density at radius 1 is 1.24 bits per heavy atom. The minimum atomic E-state index is -0.509. The number of carbonyl (C=O) groups is 1. The van der Waals surface area contributed by atoms with Gasteiger partial charge >= 0.3 is 5.63 Å². The van der Waals surface area contributed by atoms with E-state index in [0.717, 1.165) is 21.9 Å². The van der Waals surface area contributed by atoms with Gasteiger partial charge in [-0.25, -0.2) is 9.78 Å². The molecule has 7 heteroatoms. The third-order valence-electron chi connectivity index (χ3n) is 5.11. The minimum absolute atomic E-state index is 0.0914. The Morgan fingerprint density at radius 3 is 2.66 bits per heavy atom. The third-order valence-corrected chi connectivity index (χ3v) is 5.80. The smallest absolute Gasteiger partial charge is 0.340 e. The first-order valence-electron chi connectivity index (χ1n) is 9.33. The number of amides is 1. The zero-order valence-corrected chi connectivity index (χ0v) is 17.8. The van der Waals surface area contributed by atoms with Crippen LogP contribution in [0.3, 0.4) is 0 Å². The van der Waals surface area contributed by atoms with E-state index in [9.17, 15) is 9.59 Å².